The molecule has 2 rings (SSSR count). The fourth-order valence-corrected chi connectivity index (χ4v) is 3.39. The van der Waals surface area contributed by atoms with Gasteiger partial charge in [-0.3, -0.25) is 14.4 Å². The van der Waals surface area contributed by atoms with E-state index in [1.54, 1.807) is 20.8 Å². The lowest BCUT2D eigenvalue weighted by atomic mass is 9.95. The van der Waals surface area contributed by atoms with Crippen LogP contribution in [0.15, 0.2) is 43.0 Å². The summed E-state index contributed by atoms with van der Waals surface area (Å²) in [4.78, 5) is 65.8. The van der Waals surface area contributed by atoms with Gasteiger partial charge in [0.1, 0.15) is 23.6 Å². The van der Waals surface area contributed by atoms with Gasteiger partial charge in [-0.1, -0.05) is 31.7 Å². The first-order chi connectivity index (χ1) is 19.8. The number of alkyl carbamates (subject to hydrolysis) is 1. The highest BCUT2D eigenvalue weighted by Crippen LogP contribution is 2.33. The Hall–Kier alpha value is -5.00. The Morgan fingerprint density at radius 2 is 1.71 bits per heavy atom. The molecule has 12 nitrogen and oxygen atoms in total. The molecule has 1 aromatic carbocycles. The number of benzene rings is 1. The molecule has 1 aromatic heterocycles. The molecule has 0 saturated carbocycles. The van der Waals surface area contributed by atoms with Gasteiger partial charge in [0, 0.05) is 23.2 Å². The van der Waals surface area contributed by atoms with Gasteiger partial charge in [0.15, 0.2) is 12.0 Å². The Morgan fingerprint density at radius 3 is 2.31 bits per heavy atom. The highest BCUT2D eigenvalue weighted by molar-refractivity contribution is 6.01. The van der Waals surface area contributed by atoms with Gasteiger partial charge < -0.3 is 29.6 Å². The molecule has 0 aliphatic heterocycles. The monoisotopic (exact) mass is 581 g/mol. The second-order valence-electron chi connectivity index (χ2n) is 9.80. The van der Waals surface area contributed by atoms with Gasteiger partial charge in [0.25, 0.3) is 5.91 Å². The summed E-state index contributed by atoms with van der Waals surface area (Å²) in [6.07, 6.45) is 1.93. The van der Waals surface area contributed by atoms with Gasteiger partial charge >= 0.3 is 18.0 Å². The van der Waals surface area contributed by atoms with Crippen molar-refractivity contribution in [3.63, 3.8) is 0 Å². The minimum atomic E-state index is -1.05. The van der Waals surface area contributed by atoms with Gasteiger partial charge in [-0.05, 0) is 57.0 Å². The molecule has 1 heterocycles. The summed E-state index contributed by atoms with van der Waals surface area (Å²) in [6.45, 7) is 13.3. The number of esters is 2. The third-order valence-electron chi connectivity index (χ3n) is 5.54. The summed E-state index contributed by atoms with van der Waals surface area (Å²) < 4.78 is 20.4. The molecule has 224 valence electrons. The third kappa shape index (κ3) is 9.58. The van der Waals surface area contributed by atoms with E-state index in [9.17, 15) is 24.0 Å². The Labute approximate surface area is 244 Å². The predicted octanol–water partition coefficient (Wildman–Crippen LogP) is 4.09. The van der Waals surface area contributed by atoms with Gasteiger partial charge in [-0.2, -0.15) is 0 Å². The van der Waals surface area contributed by atoms with E-state index in [1.807, 2.05) is 6.92 Å². The zero-order valence-electron chi connectivity index (χ0n) is 24.3. The Bertz CT molecular complexity index is 1380. The predicted molar refractivity (Wildman–Crippen MR) is 154 cm³/mol. The van der Waals surface area contributed by atoms with E-state index in [2.05, 4.69) is 28.8 Å². The summed E-state index contributed by atoms with van der Waals surface area (Å²) in [5.74, 6) is -2.15. The van der Waals surface area contributed by atoms with Crippen LogP contribution in [0.3, 0.4) is 0 Å². The molecule has 2 N–H and O–H groups in total. The summed E-state index contributed by atoms with van der Waals surface area (Å²) in [6, 6.07) is 5.89. The molecule has 2 aromatic rings. The number of ether oxygens (including phenoxy) is 4. The standard InChI is InChI=1S/C30H35N3O9/c1-8-18(3)14-31-27(36)23-11-10-21(22-13-24(39-7)19(9-2)12-20(22)16-34)26(33-23)28(37)41-17-40-25(35)15-32-29(38)42-30(4,5)6/h9-13,16H,2-3,8,14-15,17H2,1,4-7H3,(H,31,36)(H,32,38). The molecule has 0 aliphatic carbocycles. The minimum Gasteiger partial charge on any atom is -0.496 e. The van der Waals surface area contributed by atoms with E-state index in [0.29, 0.717) is 24.0 Å². The maximum atomic E-state index is 13.2. The van der Waals surface area contributed by atoms with Crippen molar-refractivity contribution in [3.8, 4) is 16.9 Å². The van der Waals surface area contributed by atoms with Crippen molar-refractivity contribution < 1.29 is 42.9 Å². The summed E-state index contributed by atoms with van der Waals surface area (Å²) >= 11 is 0. The second kappa shape index (κ2) is 15.1. The van der Waals surface area contributed by atoms with Crippen LogP contribution in [-0.4, -0.2) is 67.8 Å². The smallest absolute Gasteiger partial charge is 0.408 e. The molecule has 12 heteroatoms. The van der Waals surface area contributed by atoms with Crippen LogP contribution in [0, 0.1) is 0 Å². The fraction of sp³-hybridized carbons (Fsp3) is 0.333. The number of pyridine rings is 1. The fourth-order valence-electron chi connectivity index (χ4n) is 3.39. The second-order valence-corrected chi connectivity index (χ2v) is 9.80. The van der Waals surface area contributed by atoms with Crippen LogP contribution < -0.4 is 15.4 Å². The molecule has 0 atom stereocenters. The maximum Gasteiger partial charge on any atom is 0.408 e. The van der Waals surface area contributed by atoms with Crippen LogP contribution in [0.5, 0.6) is 5.75 Å². The molecule has 0 unspecified atom stereocenters. The van der Waals surface area contributed by atoms with Crippen molar-refractivity contribution in [3.05, 3.63) is 65.5 Å². The lowest BCUT2D eigenvalue weighted by Gasteiger charge is -2.19. The minimum absolute atomic E-state index is 0.101. The van der Waals surface area contributed by atoms with Gasteiger partial charge in [-0.15, -0.1) is 0 Å². The van der Waals surface area contributed by atoms with E-state index in [1.165, 1.54) is 37.5 Å². The first-order valence-corrected chi connectivity index (χ1v) is 12.9. The first-order valence-electron chi connectivity index (χ1n) is 12.9. The topological polar surface area (TPSA) is 159 Å². The number of hydrogen-bond acceptors (Lipinski definition) is 10. The molecular weight excluding hydrogens is 546 g/mol. The average Bonchev–Trinajstić information content (AvgIpc) is 2.96. The first kappa shape index (κ1) is 33.2. The molecule has 0 aliphatic rings. The van der Waals surface area contributed by atoms with Crippen molar-refractivity contribution in [2.24, 2.45) is 0 Å². The molecule has 0 fully saturated rings. The number of aromatic nitrogens is 1. The number of aldehydes is 1. The van der Waals surface area contributed by atoms with Gasteiger partial charge in [0.2, 0.25) is 6.79 Å². The largest absolute Gasteiger partial charge is 0.496 e. The number of nitrogens with zero attached hydrogens (tertiary/aromatic N) is 1. The number of hydrogen-bond donors (Lipinski definition) is 2. The quantitative estimate of drug-likeness (QED) is 0.153. The Kier molecular flexibility index (Phi) is 12.0. The van der Waals surface area contributed by atoms with E-state index >= 15 is 0 Å². The summed E-state index contributed by atoms with van der Waals surface area (Å²) in [5.41, 5.74) is 0.764. The van der Waals surface area contributed by atoms with Crippen molar-refractivity contribution in [2.75, 3.05) is 27.0 Å². The molecular formula is C30H35N3O9. The van der Waals surface area contributed by atoms with Crippen LogP contribution in [0.1, 0.15) is 71.0 Å². The molecule has 0 saturated heterocycles. The number of methoxy groups -OCH3 is 1. The number of carbonyl (C=O) groups is 5. The highest BCUT2D eigenvalue weighted by Gasteiger charge is 2.23. The number of carbonyl (C=O) groups excluding carboxylic acids is 5. The van der Waals surface area contributed by atoms with Crippen LogP contribution in [0.2, 0.25) is 0 Å². The average molecular weight is 582 g/mol. The Balaban J connectivity index is 2.33. The SMILES string of the molecule is C=Cc1cc(C=O)c(-c2ccc(C(=O)NCC(=C)CC)nc2C(=O)OCOC(=O)CNC(=O)OC(C)(C)C)cc1OC. The van der Waals surface area contributed by atoms with E-state index in [0.717, 1.165) is 5.57 Å². The van der Waals surface area contributed by atoms with Crippen LogP contribution in [0.25, 0.3) is 17.2 Å². The molecule has 0 bridgehead atoms. The maximum absolute atomic E-state index is 13.2. The number of nitrogens with one attached hydrogen (secondary N) is 2. The lowest BCUT2D eigenvalue weighted by Crippen LogP contribution is -2.36. The van der Waals surface area contributed by atoms with E-state index in [4.69, 9.17) is 18.9 Å². The highest BCUT2D eigenvalue weighted by atomic mass is 16.7. The van der Waals surface area contributed by atoms with Gasteiger partial charge in [0.05, 0.1) is 7.11 Å². The Morgan fingerprint density at radius 1 is 1.00 bits per heavy atom. The van der Waals surface area contributed by atoms with Crippen molar-refractivity contribution in [1.82, 2.24) is 15.6 Å². The van der Waals surface area contributed by atoms with E-state index < -0.39 is 42.9 Å². The normalized spacial score (nSPS) is 10.6. The summed E-state index contributed by atoms with van der Waals surface area (Å²) in [7, 11) is 1.43. The lowest BCUT2D eigenvalue weighted by molar-refractivity contribution is -0.151. The van der Waals surface area contributed by atoms with Crippen molar-refractivity contribution in [1.29, 1.82) is 0 Å². The van der Waals surface area contributed by atoms with Crippen LogP contribution in [0.4, 0.5) is 4.79 Å². The number of amides is 2. The third-order valence-corrected chi connectivity index (χ3v) is 5.54. The molecule has 2 amide bonds. The zero-order chi connectivity index (χ0) is 31.4. The molecule has 0 radical (unpaired) electrons. The van der Waals surface area contributed by atoms with Crippen molar-refractivity contribution >= 4 is 36.3 Å². The van der Waals surface area contributed by atoms with Gasteiger partial charge in [-0.25, -0.2) is 14.6 Å². The van der Waals surface area contributed by atoms with E-state index in [-0.39, 0.29) is 34.6 Å². The molecule has 42 heavy (non-hydrogen) atoms. The number of rotatable bonds is 13. The van der Waals surface area contributed by atoms with Crippen LogP contribution >= 0.6 is 0 Å². The molecule has 0 spiro atoms. The van der Waals surface area contributed by atoms with Crippen LogP contribution in [-0.2, 0) is 19.0 Å². The summed E-state index contributed by atoms with van der Waals surface area (Å²) in [5, 5.41) is 4.90. The zero-order valence-corrected chi connectivity index (χ0v) is 24.3. The van der Waals surface area contributed by atoms with Crippen molar-refractivity contribution in [2.45, 2.75) is 39.7 Å².